The number of anilines is 1. The van der Waals surface area contributed by atoms with E-state index in [-0.39, 0.29) is 5.11 Å². The minimum absolute atomic E-state index is 0.265. The van der Waals surface area contributed by atoms with Crippen LogP contribution in [-0.2, 0) is 6.42 Å². The predicted molar refractivity (Wildman–Crippen MR) is 79.1 cm³/mol. The van der Waals surface area contributed by atoms with Crippen LogP contribution in [0.4, 0.5) is 5.82 Å². The van der Waals surface area contributed by atoms with Crippen LogP contribution in [0.1, 0.15) is 18.4 Å². The molecule has 0 radical (unpaired) electrons. The van der Waals surface area contributed by atoms with Crippen LogP contribution >= 0.6 is 12.2 Å². The number of rotatable bonds is 1. The van der Waals surface area contributed by atoms with E-state index in [1.165, 1.54) is 5.56 Å². The molecule has 0 spiro atoms. The third-order valence-corrected chi connectivity index (χ3v) is 3.45. The van der Waals surface area contributed by atoms with Gasteiger partial charge in [-0.2, -0.15) is 9.78 Å². The second-order valence-electron chi connectivity index (χ2n) is 4.55. The van der Waals surface area contributed by atoms with Gasteiger partial charge in [-0.3, -0.25) is 4.98 Å². The number of thiocarbonyl (C=S) groups is 1. The molecule has 1 aliphatic rings. The maximum atomic E-state index is 5.76. The third kappa shape index (κ3) is 2.19. The van der Waals surface area contributed by atoms with Gasteiger partial charge in [0.2, 0.25) is 0 Å². The molecule has 2 aromatic heterocycles. The van der Waals surface area contributed by atoms with Crippen LogP contribution in [0.5, 0.6) is 0 Å². The Bertz CT molecular complexity index is 605. The molecule has 0 saturated carbocycles. The topological polar surface area (TPSA) is 68.8 Å². The summed E-state index contributed by atoms with van der Waals surface area (Å²) in [4.78, 5) is 4.15. The van der Waals surface area contributed by atoms with Gasteiger partial charge in [-0.1, -0.05) is 0 Å². The predicted octanol–water partition coefficient (Wildman–Crippen LogP) is 1.79. The number of fused-ring (bicyclic) bond motifs is 1. The van der Waals surface area contributed by atoms with Crippen LogP contribution in [0, 0.1) is 0 Å². The number of aromatic nitrogens is 3. The zero-order valence-electron chi connectivity index (χ0n) is 10.5. The standard InChI is InChI=1S/C13H15N5S/c14-13(19)18-12-10(5-1-2-7-16-12)11(17-18)9-4-3-6-15-8-9/h3-4,6,8,16H,1-2,5,7H2,(H2,14,19). The van der Waals surface area contributed by atoms with E-state index in [2.05, 4.69) is 15.4 Å². The first-order valence-electron chi connectivity index (χ1n) is 6.33. The molecule has 0 atom stereocenters. The Morgan fingerprint density at radius 2 is 2.32 bits per heavy atom. The summed E-state index contributed by atoms with van der Waals surface area (Å²) in [6.07, 6.45) is 6.83. The Morgan fingerprint density at radius 3 is 3.05 bits per heavy atom. The molecule has 19 heavy (non-hydrogen) atoms. The van der Waals surface area contributed by atoms with Crippen molar-refractivity contribution in [3.05, 3.63) is 30.1 Å². The van der Waals surface area contributed by atoms with E-state index in [1.807, 2.05) is 18.3 Å². The van der Waals surface area contributed by atoms with Gasteiger partial charge in [-0.25, -0.2) is 0 Å². The van der Waals surface area contributed by atoms with E-state index >= 15 is 0 Å². The lowest BCUT2D eigenvalue weighted by Gasteiger charge is -2.06. The molecule has 1 aliphatic heterocycles. The normalized spacial score (nSPS) is 14.3. The number of nitrogens with one attached hydrogen (secondary N) is 1. The fourth-order valence-corrected chi connectivity index (χ4v) is 2.53. The van der Waals surface area contributed by atoms with Crippen molar-refractivity contribution in [2.45, 2.75) is 19.3 Å². The Morgan fingerprint density at radius 1 is 1.42 bits per heavy atom. The lowest BCUT2D eigenvalue weighted by Crippen LogP contribution is -2.22. The summed E-state index contributed by atoms with van der Waals surface area (Å²) in [6.45, 7) is 0.924. The number of nitrogens with two attached hydrogens (primary N) is 1. The second kappa shape index (κ2) is 4.97. The summed E-state index contributed by atoms with van der Waals surface area (Å²) >= 11 is 5.08. The lowest BCUT2D eigenvalue weighted by molar-refractivity contribution is 0.782. The zero-order valence-corrected chi connectivity index (χ0v) is 11.3. The highest BCUT2D eigenvalue weighted by Gasteiger charge is 2.21. The van der Waals surface area contributed by atoms with E-state index in [9.17, 15) is 0 Å². The molecule has 0 aliphatic carbocycles. The fourth-order valence-electron chi connectivity index (χ4n) is 2.40. The molecule has 3 N–H and O–H groups in total. The molecule has 6 heteroatoms. The minimum atomic E-state index is 0.265. The zero-order chi connectivity index (χ0) is 13.2. The first-order valence-corrected chi connectivity index (χ1v) is 6.74. The van der Waals surface area contributed by atoms with Gasteiger partial charge in [0.05, 0.1) is 5.69 Å². The molecule has 3 heterocycles. The summed E-state index contributed by atoms with van der Waals surface area (Å²) in [5.41, 5.74) is 8.85. The third-order valence-electron chi connectivity index (χ3n) is 3.27. The van der Waals surface area contributed by atoms with Crippen LogP contribution in [0.15, 0.2) is 24.5 Å². The van der Waals surface area contributed by atoms with Gasteiger partial charge in [0.15, 0.2) is 5.11 Å². The number of nitrogens with zero attached hydrogens (tertiary/aromatic N) is 3. The molecule has 0 bridgehead atoms. The first kappa shape index (κ1) is 12.1. The van der Waals surface area contributed by atoms with Crippen molar-refractivity contribution in [1.82, 2.24) is 14.8 Å². The van der Waals surface area contributed by atoms with Gasteiger partial charge in [0.1, 0.15) is 5.82 Å². The van der Waals surface area contributed by atoms with Crippen molar-refractivity contribution in [3.63, 3.8) is 0 Å². The van der Waals surface area contributed by atoms with Crippen LogP contribution in [0.2, 0.25) is 0 Å². The summed E-state index contributed by atoms with van der Waals surface area (Å²) in [5, 5.41) is 8.19. The number of pyridine rings is 1. The van der Waals surface area contributed by atoms with Crippen LogP contribution in [0.3, 0.4) is 0 Å². The average molecular weight is 273 g/mol. The maximum absolute atomic E-state index is 5.76. The van der Waals surface area contributed by atoms with Gasteiger partial charge in [0.25, 0.3) is 0 Å². The van der Waals surface area contributed by atoms with Crippen molar-refractivity contribution in [2.75, 3.05) is 11.9 Å². The molecule has 2 aromatic rings. The van der Waals surface area contributed by atoms with E-state index in [0.717, 1.165) is 42.9 Å². The highest BCUT2D eigenvalue weighted by Crippen LogP contribution is 2.31. The molecule has 0 unspecified atom stereocenters. The smallest absolute Gasteiger partial charge is 0.193 e. The first-order chi connectivity index (χ1) is 9.27. The Labute approximate surface area is 116 Å². The average Bonchev–Trinajstić information content (AvgIpc) is 2.62. The molecule has 98 valence electrons. The Kier molecular flexibility index (Phi) is 3.16. The van der Waals surface area contributed by atoms with Gasteiger partial charge >= 0.3 is 0 Å². The molecular formula is C13H15N5S. The fraction of sp³-hybridized carbons (Fsp3) is 0.308. The highest BCUT2D eigenvalue weighted by molar-refractivity contribution is 7.80. The van der Waals surface area contributed by atoms with Gasteiger partial charge in [0, 0.05) is 30.1 Å². The van der Waals surface area contributed by atoms with Crippen molar-refractivity contribution in [2.24, 2.45) is 5.73 Å². The summed E-state index contributed by atoms with van der Waals surface area (Å²) in [7, 11) is 0. The van der Waals surface area contributed by atoms with Gasteiger partial charge in [-0.15, -0.1) is 0 Å². The van der Waals surface area contributed by atoms with Crippen molar-refractivity contribution in [1.29, 1.82) is 0 Å². The summed E-state index contributed by atoms with van der Waals surface area (Å²) in [5.74, 6) is 0.934. The van der Waals surface area contributed by atoms with Crippen LogP contribution in [-0.4, -0.2) is 26.4 Å². The molecule has 0 saturated heterocycles. The van der Waals surface area contributed by atoms with Crippen molar-refractivity contribution in [3.8, 4) is 11.3 Å². The largest absolute Gasteiger partial charge is 0.374 e. The molecule has 5 nitrogen and oxygen atoms in total. The highest BCUT2D eigenvalue weighted by atomic mass is 32.1. The quantitative estimate of drug-likeness (QED) is 0.775. The summed E-state index contributed by atoms with van der Waals surface area (Å²) in [6, 6.07) is 3.91. The molecular weight excluding hydrogens is 258 g/mol. The SMILES string of the molecule is NC(=S)n1nc(-c2cccnc2)c2c1NCCCC2. The van der Waals surface area contributed by atoms with Crippen LogP contribution in [0.25, 0.3) is 11.3 Å². The monoisotopic (exact) mass is 273 g/mol. The molecule has 0 amide bonds. The number of hydrogen-bond donors (Lipinski definition) is 2. The van der Waals surface area contributed by atoms with Crippen molar-refractivity contribution >= 4 is 23.1 Å². The van der Waals surface area contributed by atoms with E-state index in [0.29, 0.717) is 0 Å². The second-order valence-corrected chi connectivity index (χ2v) is 4.97. The summed E-state index contributed by atoms with van der Waals surface area (Å²) < 4.78 is 1.62. The lowest BCUT2D eigenvalue weighted by atomic mass is 10.1. The van der Waals surface area contributed by atoms with Gasteiger partial charge in [-0.05, 0) is 43.6 Å². The van der Waals surface area contributed by atoms with Gasteiger partial charge < -0.3 is 11.1 Å². The molecule has 0 fully saturated rings. The Hall–Kier alpha value is -1.95. The van der Waals surface area contributed by atoms with E-state index < -0.39 is 0 Å². The molecule has 0 aromatic carbocycles. The van der Waals surface area contributed by atoms with Crippen LogP contribution < -0.4 is 11.1 Å². The van der Waals surface area contributed by atoms with E-state index in [1.54, 1.807) is 10.9 Å². The number of hydrogen-bond acceptors (Lipinski definition) is 4. The maximum Gasteiger partial charge on any atom is 0.193 e. The minimum Gasteiger partial charge on any atom is -0.374 e. The van der Waals surface area contributed by atoms with Crippen molar-refractivity contribution < 1.29 is 0 Å². The Balaban J connectivity index is 2.17. The molecule has 3 rings (SSSR count). The van der Waals surface area contributed by atoms with E-state index in [4.69, 9.17) is 18.0 Å².